The van der Waals surface area contributed by atoms with Crippen molar-refractivity contribution in [2.24, 2.45) is 17.3 Å². The summed E-state index contributed by atoms with van der Waals surface area (Å²) in [6.07, 6.45) is 6.44. The molecule has 1 saturated carbocycles. The summed E-state index contributed by atoms with van der Waals surface area (Å²) in [6.45, 7) is 5.45. The first-order valence-corrected chi connectivity index (χ1v) is 8.31. The Morgan fingerprint density at radius 1 is 1.29 bits per heavy atom. The first-order valence-electron chi connectivity index (χ1n) is 8.31. The average molecular weight is 317 g/mol. The molecule has 2 saturated heterocycles. The van der Waals surface area contributed by atoms with Gasteiger partial charge in [0, 0.05) is 19.6 Å². The summed E-state index contributed by atoms with van der Waals surface area (Å²) in [6, 6.07) is 0. The molecule has 2 aliphatic heterocycles. The second-order valence-electron chi connectivity index (χ2n) is 7.10. The molecule has 3 atom stereocenters. The maximum atomic E-state index is 13.1. The molecule has 0 aromatic rings. The van der Waals surface area contributed by atoms with Crippen molar-refractivity contribution in [3.63, 3.8) is 0 Å². The molecular weight excluding hydrogens is 288 g/mol. The van der Waals surface area contributed by atoms with E-state index in [0.717, 1.165) is 45.4 Å². The molecule has 3 fully saturated rings. The Morgan fingerprint density at radius 2 is 2.00 bits per heavy atom. The summed E-state index contributed by atoms with van der Waals surface area (Å²) in [5.74, 6) is 1.33. The van der Waals surface area contributed by atoms with Gasteiger partial charge in [-0.05, 0) is 51.0 Å². The van der Waals surface area contributed by atoms with Crippen LogP contribution in [-0.4, -0.2) is 48.2 Å². The third-order valence-corrected chi connectivity index (χ3v) is 5.97. The van der Waals surface area contributed by atoms with E-state index < -0.39 is 0 Å². The number of halogens is 1. The molecule has 2 N–H and O–H groups in total. The van der Waals surface area contributed by atoms with Crippen LogP contribution in [0.25, 0.3) is 0 Å². The lowest BCUT2D eigenvalue weighted by molar-refractivity contribution is -0.147. The van der Waals surface area contributed by atoms with Crippen LogP contribution in [0.5, 0.6) is 0 Å². The molecule has 0 aromatic heterocycles. The van der Waals surface area contributed by atoms with Crippen LogP contribution in [0.3, 0.4) is 0 Å². The molecule has 3 aliphatic rings. The van der Waals surface area contributed by atoms with Crippen LogP contribution in [0.4, 0.5) is 0 Å². The van der Waals surface area contributed by atoms with E-state index in [4.69, 9.17) is 0 Å². The Bertz CT molecular complexity index is 369. The zero-order valence-electron chi connectivity index (χ0n) is 13.0. The number of nitrogens with zero attached hydrogens (tertiary/aromatic N) is 1. The van der Waals surface area contributed by atoms with E-state index in [0.29, 0.717) is 17.7 Å². The summed E-state index contributed by atoms with van der Waals surface area (Å²) in [7, 11) is 0. The Balaban J connectivity index is 0.00000161. The number of hydrogen-bond donors (Lipinski definition) is 2. The van der Waals surface area contributed by atoms with E-state index in [1.807, 2.05) is 6.92 Å². The zero-order valence-corrected chi connectivity index (χ0v) is 13.8. The van der Waals surface area contributed by atoms with Gasteiger partial charge < -0.3 is 15.3 Å². The number of aliphatic hydroxyl groups excluding tert-OH is 1. The fourth-order valence-corrected chi connectivity index (χ4v) is 4.57. The highest BCUT2D eigenvalue weighted by molar-refractivity contribution is 5.85. The quantitative estimate of drug-likeness (QED) is 0.817. The predicted octanol–water partition coefficient (Wildman–Crippen LogP) is 1.81. The van der Waals surface area contributed by atoms with Gasteiger partial charge in [0.05, 0.1) is 11.5 Å². The number of carbonyl (C=O) groups excluding carboxylic acids is 1. The van der Waals surface area contributed by atoms with Crippen LogP contribution in [0.15, 0.2) is 0 Å². The molecule has 5 heteroatoms. The topological polar surface area (TPSA) is 52.6 Å². The van der Waals surface area contributed by atoms with E-state index in [1.165, 1.54) is 19.3 Å². The molecule has 0 aromatic carbocycles. The maximum Gasteiger partial charge on any atom is 0.230 e. The summed E-state index contributed by atoms with van der Waals surface area (Å²) >= 11 is 0. The van der Waals surface area contributed by atoms with Crippen LogP contribution in [0.1, 0.15) is 45.4 Å². The molecule has 3 rings (SSSR count). The van der Waals surface area contributed by atoms with Gasteiger partial charge in [-0.1, -0.05) is 12.8 Å². The van der Waals surface area contributed by atoms with Gasteiger partial charge in [-0.15, -0.1) is 12.4 Å². The van der Waals surface area contributed by atoms with Gasteiger partial charge in [0.1, 0.15) is 0 Å². The Morgan fingerprint density at radius 3 is 2.67 bits per heavy atom. The monoisotopic (exact) mass is 316 g/mol. The number of fused-ring (bicyclic) bond motifs is 1. The number of carbonyl (C=O) groups is 1. The van der Waals surface area contributed by atoms with Gasteiger partial charge in [0.15, 0.2) is 0 Å². The smallest absolute Gasteiger partial charge is 0.230 e. The van der Waals surface area contributed by atoms with Crippen molar-refractivity contribution in [1.29, 1.82) is 0 Å². The Labute approximate surface area is 134 Å². The fourth-order valence-electron chi connectivity index (χ4n) is 4.57. The second kappa shape index (κ2) is 6.84. The third-order valence-electron chi connectivity index (χ3n) is 5.97. The standard InChI is InChI=1S/C16H28N2O2.ClH/c1-12(19)13-5-8-18(9-6-13)15(20)16-7-3-2-4-14(16)10-17-11-16;/h12-14,17,19H,2-11H2,1H3;1H/t12?,14-,16+;/m0./s1. The van der Waals surface area contributed by atoms with Gasteiger partial charge in [0.25, 0.3) is 0 Å². The van der Waals surface area contributed by atoms with Crippen molar-refractivity contribution in [1.82, 2.24) is 10.2 Å². The number of likely N-dealkylation sites (tertiary alicyclic amines) is 1. The van der Waals surface area contributed by atoms with E-state index in [-0.39, 0.29) is 23.9 Å². The third kappa shape index (κ3) is 3.08. The summed E-state index contributed by atoms with van der Waals surface area (Å²) in [5.41, 5.74) is -0.101. The lowest BCUT2D eigenvalue weighted by Crippen LogP contribution is -2.52. The largest absolute Gasteiger partial charge is 0.393 e. The Kier molecular flexibility index (Phi) is 5.55. The molecule has 0 bridgehead atoms. The average Bonchev–Trinajstić information content (AvgIpc) is 2.91. The maximum absolute atomic E-state index is 13.1. The Hall–Kier alpha value is -0.320. The van der Waals surface area contributed by atoms with Crippen molar-refractivity contribution >= 4 is 18.3 Å². The van der Waals surface area contributed by atoms with Crippen LogP contribution in [0, 0.1) is 17.3 Å². The summed E-state index contributed by atoms with van der Waals surface area (Å²) < 4.78 is 0. The minimum Gasteiger partial charge on any atom is -0.393 e. The molecule has 1 unspecified atom stereocenters. The highest BCUT2D eigenvalue weighted by Gasteiger charge is 2.51. The molecule has 1 amide bonds. The lowest BCUT2D eigenvalue weighted by Gasteiger charge is -2.43. The van der Waals surface area contributed by atoms with Gasteiger partial charge >= 0.3 is 0 Å². The van der Waals surface area contributed by atoms with Crippen LogP contribution < -0.4 is 5.32 Å². The van der Waals surface area contributed by atoms with Gasteiger partial charge in [-0.2, -0.15) is 0 Å². The minimum absolute atomic E-state index is 0. The molecule has 122 valence electrons. The SMILES string of the molecule is CC(O)C1CCN(C(=O)[C@@]23CCCC[C@H]2CNC3)CC1.Cl. The fraction of sp³-hybridized carbons (Fsp3) is 0.938. The first-order chi connectivity index (χ1) is 9.63. The number of aliphatic hydroxyl groups is 1. The number of hydrogen-bond acceptors (Lipinski definition) is 3. The summed E-state index contributed by atoms with van der Waals surface area (Å²) in [4.78, 5) is 15.1. The van der Waals surface area contributed by atoms with E-state index in [1.54, 1.807) is 0 Å². The number of rotatable bonds is 2. The second-order valence-corrected chi connectivity index (χ2v) is 7.10. The molecule has 21 heavy (non-hydrogen) atoms. The lowest BCUT2D eigenvalue weighted by atomic mass is 9.67. The molecule has 0 spiro atoms. The summed E-state index contributed by atoms with van der Waals surface area (Å²) in [5, 5.41) is 13.2. The molecule has 4 nitrogen and oxygen atoms in total. The van der Waals surface area contributed by atoms with E-state index in [9.17, 15) is 9.90 Å². The van der Waals surface area contributed by atoms with E-state index in [2.05, 4.69) is 10.2 Å². The van der Waals surface area contributed by atoms with Crippen molar-refractivity contribution < 1.29 is 9.90 Å². The zero-order chi connectivity index (χ0) is 14.2. The van der Waals surface area contributed by atoms with E-state index >= 15 is 0 Å². The van der Waals surface area contributed by atoms with Gasteiger partial charge in [-0.3, -0.25) is 4.79 Å². The highest BCUT2D eigenvalue weighted by Crippen LogP contribution is 2.45. The first kappa shape index (κ1) is 17.0. The number of nitrogens with one attached hydrogen (secondary N) is 1. The molecule has 2 heterocycles. The van der Waals surface area contributed by atoms with Gasteiger partial charge in [-0.25, -0.2) is 0 Å². The number of amides is 1. The van der Waals surface area contributed by atoms with Crippen LogP contribution in [0.2, 0.25) is 0 Å². The minimum atomic E-state index is -0.235. The highest BCUT2D eigenvalue weighted by atomic mass is 35.5. The number of piperidine rings is 1. The van der Waals surface area contributed by atoms with Crippen molar-refractivity contribution in [2.45, 2.75) is 51.6 Å². The molecule has 1 aliphatic carbocycles. The molecule has 0 radical (unpaired) electrons. The van der Waals surface area contributed by atoms with Crippen LogP contribution >= 0.6 is 12.4 Å². The van der Waals surface area contributed by atoms with Gasteiger partial charge in [0.2, 0.25) is 5.91 Å². The van der Waals surface area contributed by atoms with Crippen molar-refractivity contribution in [3.8, 4) is 0 Å². The molecular formula is C16H29ClN2O2. The van der Waals surface area contributed by atoms with Crippen molar-refractivity contribution in [2.75, 3.05) is 26.2 Å². The van der Waals surface area contributed by atoms with Crippen molar-refractivity contribution in [3.05, 3.63) is 0 Å². The predicted molar refractivity (Wildman–Crippen MR) is 85.5 cm³/mol. The normalized spacial score (nSPS) is 35.0. The van der Waals surface area contributed by atoms with Crippen LogP contribution in [-0.2, 0) is 4.79 Å².